The Bertz CT molecular complexity index is 1300. The maximum absolute atomic E-state index is 13.9. The monoisotopic (exact) mass is 592 g/mol. The van der Waals surface area contributed by atoms with Gasteiger partial charge in [-0.15, -0.1) is 11.3 Å². The van der Waals surface area contributed by atoms with Crippen molar-refractivity contribution in [1.82, 2.24) is 20.4 Å². The maximum atomic E-state index is 13.9. The highest BCUT2D eigenvalue weighted by molar-refractivity contribution is 7.10. The second-order valence-electron chi connectivity index (χ2n) is 13.6. The third kappa shape index (κ3) is 6.32. The molecule has 2 N–H and O–H groups in total. The van der Waals surface area contributed by atoms with E-state index in [1.54, 1.807) is 33.3 Å². The van der Waals surface area contributed by atoms with Crippen LogP contribution in [-0.2, 0) is 19.8 Å². The molecule has 3 saturated heterocycles. The zero-order valence-electron chi connectivity index (χ0n) is 25.4. The van der Waals surface area contributed by atoms with Crippen molar-refractivity contribution in [3.8, 4) is 0 Å². The third-order valence-corrected chi connectivity index (χ3v) is 9.99. The minimum atomic E-state index is -0.745. The SMILES string of the molecule is CC(C)C[C@H](NC(=O)c1ccc(C(C)(C)C)cc1)C(=O)N1CC[C@@H]2[C@H]1C(=O)CN2C(=O)C1CNCC(c2cccs2)C1. The molecule has 3 amide bonds. The first-order valence-electron chi connectivity index (χ1n) is 15.2. The molecule has 1 aromatic heterocycles. The highest BCUT2D eigenvalue weighted by Crippen LogP contribution is 2.35. The number of carbonyl (C=O) groups is 4. The molecular weight excluding hydrogens is 548 g/mol. The number of nitrogens with zero attached hydrogens (tertiary/aromatic N) is 2. The molecule has 5 atom stereocenters. The molecule has 8 nitrogen and oxygen atoms in total. The second kappa shape index (κ2) is 12.3. The van der Waals surface area contributed by atoms with E-state index >= 15 is 0 Å². The standard InChI is InChI=1S/C33H44N4O4S/c1-20(2)15-25(35-30(39)21-8-10-24(11-9-21)33(3,4)5)32(41)36-13-12-26-29(36)27(38)19-37(26)31(40)23-16-22(17-34-18-23)28-7-6-14-42-28/h6-11,14,20,22-23,25-26,29,34H,12-13,15-19H2,1-5H3,(H,35,39)/t22?,23?,25-,26+,29-/m0/s1. The fourth-order valence-electron chi connectivity index (χ4n) is 6.72. The number of carbonyl (C=O) groups excluding carboxylic acids is 4. The van der Waals surface area contributed by atoms with Crippen molar-refractivity contribution < 1.29 is 19.2 Å². The summed E-state index contributed by atoms with van der Waals surface area (Å²) in [5.74, 6) is -0.378. The molecular formula is C33H44N4O4S. The van der Waals surface area contributed by atoms with Crippen molar-refractivity contribution >= 4 is 34.8 Å². The van der Waals surface area contributed by atoms with Gasteiger partial charge >= 0.3 is 0 Å². The van der Waals surface area contributed by atoms with Crippen LogP contribution in [0.15, 0.2) is 41.8 Å². The summed E-state index contributed by atoms with van der Waals surface area (Å²) in [6, 6.07) is 9.95. The van der Waals surface area contributed by atoms with Gasteiger partial charge in [0.15, 0.2) is 5.78 Å². The first kappa shape index (κ1) is 30.4. The van der Waals surface area contributed by atoms with Crippen LogP contribution in [-0.4, -0.2) is 77.6 Å². The zero-order valence-corrected chi connectivity index (χ0v) is 26.2. The summed E-state index contributed by atoms with van der Waals surface area (Å²) in [5.41, 5.74) is 1.60. The molecule has 9 heteroatoms. The normalized spacial score (nSPS) is 25.0. The smallest absolute Gasteiger partial charge is 0.251 e. The number of fused-ring (bicyclic) bond motifs is 1. The van der Waals surface area contributed by atoms with Gasteiger partial charge in [0.2, 0.25) is 11.8 Å². The van der Waals surface area contributed by atoms with Gasteiger partial charge in [0.05, 0.1) is 18.5 Å². The van der Waals surface area contributed by atoms with Crippen molar-refractivity contribution in [3.05, 3.63) is 57.8 Å². The van der Waals surface area contributed by atoms with Crippen molar-refractivity contribution in [1.29, 1.82) is 0 Å². The maximum Gasteiger partial charge on any atom is 0.251 e. The number of hydrogen-bond donors (Lipinski definition) is 2. The van der Waals surface area contributed by atoms with Crippen molar-refractivity contribution in [2.24, 2.45) is 11.8 Å². The minimum Gasteiger partial charge on any atom is -0.340 e. The second-order valence-corrected chi connectivity index (χ2v) is 14.5. The molecule has 42 heavy (non-hydrogen) atoms. The largest absolute Gasteiger partial charge is 0.340 e. The highest BCUT2D eigenvalue weighted by atomic mass is 32.1. The Balaban J connectivity index is 1.27. The van der Waals surface area contributed by atoms with Crippen molar-refractivity contribution in [2.45, 2.75) is 83.3 Å². The van der Waals surface area contributed by atoms with Gasteiger partial charge in [-0.3, -0.25) is 19.2 Å². The summed E-state index contributed by atoms with van der Waals surface area (Å²) in [6.07, 6.45) is 1.79. The number of thiophene rings is 1. The molecule has 0 spiro atoms. The summed E-state index contributed by atoms with van der Waals surface area (Å²) >= 11 is 1.71. The molecule has 5 rings (SSSR count). The number of rotatable bonds is 7. The van der Waals surface area contributed by atoms with Gasteiger partial charge < -0.3 is 20.4 Å². The van der Waals surface area contributed by atoms with E-state index in [1.165, 1.54) is 4.88 Å². The van der Waals surface area contributed by atoms with Crippen molar-refractivity contribution in [3.63, 3.8) is 0 Å². The number of nitrogens with one attached hydrogen (secondary N) is 2. The molecule has 2 unspecified atom stereocenters. The topological polar surface area (TPSA) is 98.8 Å². The molecule has 0 bridgehead atoms. The molecule has 0 radical (unpaired) electrons. The molecule has 0 saturated carbocycles. The molecule has 3 aliphatic heterocycles. The van der Waals surface area contributed by atoms with E-state index < -0.39 is 12.1 Å². The minimum absolute atomic E-state index is 0.00430. The predicted octanol–water partition coefficient (Wildman–Crippen LogP) is 3.96. The Morgan fingerprint density at radius 3 is 2.45 bits per heavy atom. The summed E-state index contributed by atoms with van der Waals surface area (Å²) in [6.45, 7) is 12.3. The highest BCUT2D eigenvalue weighted by Gasteiger charge is 2.53. The van der Waals surface area contributed by atoms with Gasteiger partial charge in [0.25, 0.3) is 5.91 Å². The lowest BCUT2D eigenvalue weighted by molar-refractivity contribution is -0.138. The molecule has 1 aromatic carbocycles. The quantitative estimate of drug-likeness (QED) is 0.507. The number of likely N-dealkylation sites (tertiary alicyclic amines) is 2. The predicted molar refractivity (Wildman–Crippen MR) is 165 cm³/mol. The summed E-state index contributed by atoms with van der Waals surface area (Å²) in [5, 5.41) is 8.45. The van der Waals surface area contributed by atoms with E-state index in [0.29, 0.717) is 31.5 Å². The Labute approximate surface area is 253 Å². The van der Waals surface area contributed by atoms with Gasteiger partial charge in [0, 0.05) is 36.0 Å². The zero-order chi connectivity index (χ0) is 30.2. The average Bonchev–Trinajstić information content (AvgIpc) is 3.71. The fraction of sp³-hybridized carbons (Fsp3) is 0.576. The summed E-state index contributed by atoms with van der Waals surface area (Å²) in [4.78, 5) is 58.8. The van der Waals surface area contributed by atoms with Crippen LogP contribution >= 0.6 is 11.3 Å². The molecule has 0 aliphatic carbocycles. The van der Waals surface area contributed by atoms with Crippen LogP contribution in [0.3, 0.4) is 0 Å². The van der Waals surface area contributed by atoms with Gasteiger partial charge in [-0.1, -0.05) is 52.8 Å². The van der Waals surface area contributed by atoms with Crippen LogP contribution in [0.25, 0.3) is 0 Å². The number of amides is 3. The van der Waals surface area contributed by atoms with E-state index in [1.807, 2.05) is 32.0 Å². The van der Waals surface area contributed by atoms with E-state index in [4.69, 9.17) is 0 Å². The van der Waals surface area contributed by atoms with Crippen LogP contribution in [0.4, 0.5) is 0 Å². The molecule has 3 fully saturated rings. The number of Topliss-reactive ketones (excluding diaryl/α,β-unsaturated/α-hetero) is 1. The molecule has 2 aromatic rings. The van der Waals surface area contributed by atoms with Gasteiger partial charge in [-0.05, 0) is 59.7 Å². The van der Waals surface area contributed by atoms with Crippen molar-refractivity contribution in [2.75, 3.05) is 26.2 Å². The van der Waals surface area contributed by atoms with Crippen LogP contribution < -0.4 is 10.6 Å². The first-order valence-corrected chi connectivity index (χ1v) is 16.1. The number of ketones is 1. The van der Waals surface area contributed by atoms with Gasteiger partial charge in [0.1, 0.15) is 12.1 Å². The van der Waals surface area contributed by atoms with Gasteiger partial charge in [-0.25, -0.2) is 0 Å². The number of benzene rings is 1. The Hall–Kier alpha value is -3.04. The van der Waals surface area contributed by atoms with Crippen LogP contribution in [0.1, 0.15) is 80.6 Å². The summed E-state index contributed by atoms with van der Waals surface area (Å²) < 4.78 is 0. The van der Waals surface area contributed by atoms with Crippen LogP contribution in [0.2, 0.25) is 0 Å². The first-order chi connectivity index (χ1) is 19.9. The van der Waals surface area contributed by atoms with Gasteiger partial charge in [-0.2, -0.15) is 0 Å². The van der Waals surface area contributed by atoms with E-state index in [0.717, 1.165) is 18.5 Å². The molecule has 4 heterocycles. The van der Waals surface area contributed by atoms with E-state index in [-0.39, 0.29) is 59.3 Å². The fourth-order valence-corrected chi connectivity index (χ4v) is 7.56. The Morgan fingerprint density at radius 1 is 1.07 bits per heavy atom. The van der Waals surface area contributed by atoms with Crippen LogP contribution in [0.5, 0.6) is 0 Å². The Morgan fingerprint density at radius 2 is 1.81 bits per heavy atom. The average molecular weight is 593 g/mol. The summed E-state index contributed by atoms with van der Waals surface area (Å²) in [7, 11) is 0. The number of piperidine rings is 1. The number of hydrogen-bond acceptors (Lipinski definition) is 6. The lowest BCUT2D eigenvalue weighted by atomic mass is 9.86. The van der Waals surface area contributed by atoms with Crippen LogP contribution in [0, 0.1) is 11.8 Å². The Kier molecular flexibility index (Phi) is 8.90. The van der Waals surface area contributed by atoms with E-state index in [2.05, 4.69) is 42.9 Å². The van der Waals surface area contributed by atoms with E-state index in [9.17, 15) is 19.2 Å². The lowest BCUT2D eigenvalue weighted by Crippen LogP contribution is -2.53. The molecule has 3 aliphatic rings. The third-order valence-electron chi connectivity index (χ3n) is 8.96. The molecule has 226 valence electrons. The lowest BCUT2D eigenvalue weighted by Gasteiger charge is -2.33.